The monoisotopic (exact) mass is 449 g/mol. The van der Waals surface area contributed by atoms with Gasteiger partial charge in [0.05, 0.1) is 18.2 Å². The standard InChI is InChI=1S/C25H31N5OS/c26-18-21-5-7-24(8-6-21)30-10-2-9-28(11-12-30)20-25(31)27-23-4-1-3-22(17-23)19-29-13-15-32-16-14-29/h1,3-8,17H,2,9-16,19-20H2,(H,27,31). The Morgan fingerprint density at radius 1 is 0.969 bits per heavy atom. The van der Waals surface area contributed by atoms with E-state index in [9.17, 15) is 4.79 Å². The number of carbonyl (C=O) groups excluding carboxylic acids is 1. The van der Waals surface area contributed by atoms with E-state index in [1.54, 1.807) is 0 Å². The molecule has 2 saturated heterocycles. The van der Waals surface area contributed by atoms with Gasteiger partial charge in [0.2, 0.25) is 5.91 Å². The van der Waals surface area contributed by atoms with E-state index in [0.29, 0.717) is 12.1 Å². The summed E-state index contributed by atoms with van der Waals surface area (Å²) in [5, 5.41) is 12.1. The molecule has 4 rings (SSSR count). The van der Waals surface area contributed by atoms with E-state index < -0.39 is 0 Å². The summed E-state index contributed by atoms with van der Waals surface area (Å²) in [4.78, 5) is 19.8. The van der Waals surface area contributed by atoms with E-state index in [1.165, 1.54) is 17.1 Å². The average molecular weight is 450 g/mol. The van der Waals surface area contributed by atoms with Gasteiger partial charge in [-0.1, -0.05) is 12.1 Å². The van der Waals surface area contributed by atoms with Crippen LogP contribution >= 0.6 is 11.8 Å². The minimum absolute atomic E-state index is 0.0448. The fraction of sp³-hybridized carbons (Fsp3) is 0.440. The maximum atomic E-state index is 12.7. The molecule has 7 heteroatoms. The molecule has 2 heterocycles. The van der Waals surface area contributed by atoms with Crippen molar-refractivity contribution in [3.63, 3.8) is 0 Å². The van der Waals surface area contributed by atoms with E-state index in [-0.39, 0.29) is 5.91 Å². The van der Waals surface area contributed by atoms with Gasteiger partial charge in [0, 0.05) is 68.7 Å². The van der Waals surface area contributed by atoms with E-state index in [2.05, 4.69) is 38.2 Å². The quantitative estimate of drug-likeness (QED) is 0.731. The highest BCUT2D eigenvalue weighted by Crippen LogP contribution is 2.18. The van der Waals surface area contributed by atoms with Crippen molar-refractivity contribution in [2.75, 3.05) is 67.5 Å². The molecule has 0 radical (unpaired) electrons. The Hall–Kier alpha value is -2.53. The highest BCUT2D eigenvalue weighted by molar-refractivity contribution is 7.99. The van der Waals surface area contributed by atoms with Crippen LogP contribution in [0.4, 0.5) is 11.4 Å². The van der Waals surface area contributed by atoms with Crippen molar-refractivity contribution in [3.8, 4) is 6.07 Å². The summed E-state index contributed by atoms with van der Waals surface area (Å²) >= 11 is 2.02. The molecule has 0 spiro atoms. The van der Waals surface area contributed by atoms with Gasteiger partial charge < -0.3 is 10.2 Å². The van der Waals surface area contributed by atoms with E-state index in [4.69, 9.17) is 5.26 Å². The van der Waals surface area contributed by atoms with Gasteiger partial charge in [-0.25, -0.2) is 0 Å². The van der Waals surface area contributed by atoms with Crippen molar-refractivity contribution in [1.29, 1.82) is 5.26 Å². The molecule has 2 aliphatic heterocycles. The summed E-state index contributed by atoms with van der Waals surface area (Å²) in [6.07, 6.45) is 1.01. The van der Waals surface area contributed by atoms with Crippen LogP contribution in [-0.4, -0.2) is 73.0 Å². The number of carbonyl (C=O) groups is 1. The van der Waals surface area contributed by atoms with Gasteiger partial charge in [-0.2, -0.15) is 17.0 Å². The molecule has 0 aliphatic carbocycles. The van der Waals surface area contributed by atoms with Crippen LogP contribution in [0.2, 0.25) is 0 Å². The maximum absolute atomic E-state index is 12.7. The second-order valence-electron chi connectivity index (χ2n) is 8.41. The highest BCUT2D eigenvalue weighted by atomic mass is 32.2. The number of benzene rings is 2. The van der Waals surface area contributed by atoms with Crippen LogP contribution in [-0.2, 0) is 11.3 Å². The van der Waals surface area contributed by atoms with Gasteiger partial charge >= 0.3 is 0 Å². The fourth-order valence-electron chi connectivity index (χ4n) is 4.30. The van der Waals surface area contributed by atoms with E-state index >= 15 is 0 Å². The van der Waals surface area contributed by atoms with Crippen LogP contribution in [0.3, 0.4) is 0 Å². The number of nitrogens with zero attached hydrogens (tertiary/aromatic N) is 4. The Kier molecular flexibility index (Phi) is 8.05. The molecule has 2 aromatic rings. The molecular weight excluding hydrogens is 418 g/mol. The fourth-order valence-corrected chi connectivity index (χ4v) is 5.28. The van der Waals surface area contributed by atoms with Gasteiger partial charge in [-0.3, -0.25) is 14.6 Å². The molecule has 0 atom stereocenters. The van der Waals surface area contributed by atoms with E-state index in [0.717, 1.165) is 63.6 Å². The molecule has 6 nitrogen and oxygen atoms in total. The first-order chi connectivity index (χ1) is 15.7. The molecule has 2 aliphatic rings. The molecule has 2 aromatic carbocycles. The van der Waals surface area contributed by atoms with Gasteiger partial charge in [0.1, 0.15) is 0 Å². The third kappa shape index (κ3) is 6.49. The Morgan fingerprint density at radius 3 is 2.56 bits per heavy atom. The summed E-state index contributed by atoms with van der Waals surface area (Å²) in [5.41, 5.74) is 3.95. The molecule has 1 amide bonds. The molecule has 0 bridgehead atoms. The van der Waals surface area contributed by atoms with Crippen LogP contribution < -0.4 is 10.2 Å². The number of thioether (sulfide) groups is 1. The predicted octanol–water partition coefficient (Wildman–Crippen LogP) is 3.26. The minimum Gasteiger partial charge on any atom is -0.370 e. The average Bonchev–Trinajstić information content (AvgIpc) is 3.05. The van der Waals surface area contributed by atoms with Gasteiger partial charge in [-0.15, -0.1) is 0 Å². The molecular formula is C25H31N5OS. The van der Waals surface area contributed by atoms with Crippen molar-refractivity contribution in [1.82, 2.24) is 9.80 Å². The zero-order valence-electron chi connectivity index (χ0n) is 18.5. The largest absolute Gasteiger partial charge is 0.370 e. The number of nitriles is 1. The number of rotatable bonds is 6. The molecule has 0 aromatic heterocycles. The molecule has 32 heavy (non-hydrogen) atoms. The maximum Gasteiger partial charge on any atom is 0.238 e. The summed E-state index contributed by atoms with van der Waals surface area (Å²) in [5.74, 6) is 2.45. The Morgan fingerprint density at radius 2 is 1.78 bits per heavy atom. The number of amides is 1. The van der Waals surface area contributed by atoms with Crippen LogP contribution in [0.1, 0.15) is 17.5 Å². The lowest BCUT2D eigenvalue weighted by Gasteiger charge is -2.26. The second-order valence-corrected chi connectivity index (χ2v) is 9.64. The van der Waals surface area contributed by atoms with Crippen LogP contribution in [0, 0.1) is 11.3 Å². The minimum atomic E-state index is 0.0448. The van der Waals surface area contributed by atoms with Crippen molar-refractivity contribution in [2.24, 2.45) is 0 Å². The number of hydrogen-bond donors (Lipinski definition) is 1. The zero-order chi connectivity index (χ0) is 22.2. The summed E-state index contributed by atoms with van der Waals surface area (Å²) in [7, 11) is 0. The zero-order valence-corrected chi connectivity index (χ0v) is 19.3. The van der Waals surface area contributed by atoms with Crippen molar-refractivity contribution >= 4 is 29.0 Å². The summed E-state index contributed by atoms with van der Waals surface area (Å²) in [6, 6.07) is 18.2. The van der Waals surface area contributed by atoms with Crippen molar-refractivity contribution < 1.29 is 4.79 Å². The molecule has 2 fully saturated rings. The topological polar surface area (TPSA) is 62.6 Å². The lowest BCUT2D eigenvalue weighted by molar-refractivity contribution is -0.117. The number of nitrogens with one attached hydrogen (secondary N) is 1. The first-order valence-electron chi connectivity index (χ1n) is 11.4. The second kappa shape index (κ2) is 11.4. The SMILES string of the molecule is N#Cc1ccc(N2CCCN(CC(=O)Nc3cccc(CN4CCSCC4)c3)CC2)cc1. The summed E-state index contributed by atoms with van der Waals surface area (Å²) in [6.45, 7) is 7.22. The Labute approximate surface area is 195 Å². The first-order valence-corrected chi connectivity index (χ1v) is 12.5. The predicted molar refractivity (Wildman–Crippen MR) is 132 cm³/mol. The van der Waals surface area contributed by atoms with E-state index in [1.807, 2.05) is 48.2 Å². The number of anilines is 2. The van der Waals surface area contributed by atoms with Crippen LogP contribution in [0.25, 0.3) is 0 Å². The highest BCUT2D eigenvalue weighted by Gasteiger charge is 2.18. The first kappa shape index (κ1) is 22.7. The van der Waals surface area contributed by atoms with Gasteiger partial charge in [0.25, 0.3) is 0 Å². The van der Waals surface area contributed by atoms with Crippen LogP contribution in [0.15, 0.2) is 48.5 Å². The molecule has 168 valence electrons. The Balaban J connectivity index is 1.26. The summed E-state index contributed by atoms with van der Waals surface area (Å²) < 4.78 is 0. The van der Waals surface area contributed by atoms with Gasteiger partial charge in [-0.05, 0) is 48.4 Å². The smallest absolute Gasteiger partial charge is 0.238 e. The number of hydrogen-bond acceptors (Lipinski definition) is 6. The molecule has 0 saturated carbocycles. The van der Waals surface area contributed by atoms with Gasteiger partial charge in [0.15, 0.2) is 0 Å². The lowest BCUT2D eigenvalue weighted by Crippen LogP contribution is -2.36. The van der Waals surface area contributed by atoms with Crippen molar-refractivity contribution in [3.05, 3.63) is 59.7 Å². The molecule has 0 unspecified atom stereocenters. The lowest BCUT2D eigenvalue weighted by atomic mass is 10.2. The van der Waals surface area contributed by atoms with Crippen LogP contribution in [0.5, 0.6) is 0 Å². The van der Waals surface area contributed by atoms with Crippen molar-refractivity contribution in [2.45, 2.75) is 13.0 Å². The normalized spacial score (nSPS) is 18.0. The third-order valence-electron chi connectivity index (χ3n) is 6.04. The Bertz CT molecular complexity index is 936. The molecule has 1 N–H and O–H groups in total. The third-order valence-corrected chi connectivity index (χ3v) is 6.98.